The smallest absolute Gasteiger partial charge is 0.255 e. The lowest BCUT2D eigenvalue weighted by molar-refractivity contribution is -0.113. The molecule has 0 bridgehead atoms. The van der Waals surface area contributed by atoms with Crippen LogP contribution in [0.25, 0.3) is 0 Å². The van der Waals surface area contributed by atoms with Gasteiger partial charge in [-0.3, -0.25) is 4.79 Å². The molecule has 1 amide bonds. The van der Waals surface area contributed by atoms with Crippen LogP contribution < -0.4 is 24.8 Å². The zero-order valence-corrected chi connectivity index (χ0v) is 18.7. The van der Waals surface area contributed by atoms with Gasteiger partial charge in [-0.05, 0) is 55.8 Å². The van der Waals surface area contributed by atoms with Gasteiger partial charge in [-0.15, -0.1) is 0 Å². The van der Waals surface area contributed by atoms with Crippen LogP contribution in [0.5, 0.6) is 17.2 Å². The lowest BCUT2D eigenvalue weighted by Crippen LogP contribution is -2.31. The van der Waals surface area contributed by atoms with Crippen LogP contribution in [0.3, 0.4) is 0 Å². The fraction of sp³-hybridized carbons (Fsp3) is 0.292. The fourth-order valence-corrected chi connectivity index (χ4v) is 4.08. The van der Waals surface area contributed by atoms with Gasteiger partial charge in [0.1, 0.15) is 17.6 Å². The predicted octanol–water partition coefficient (Wildman–Crippen LogP) is 3.68. The minimum absolute atomic E-state index is 0.235. The number of hydrogen-bond donors (Lipinski definition) is 2. The van der Waals surface area contributed by atoms with Crippen molar-refractivity contribution in [2.75, 3.05) is 31.0 Å². The first-order chi connectivity index (χ1) is 16.0. The Kier molecular flexibility index (Phi) is 5.37. The molecule has 2 N–H and O–H groups in total. The number of carbonyl (C=O) groups excluding carboxylic acids is 1. The van der Waals surface area contributed by atoms with Crippen molar-refractivity contribution in [2.24, 2.45) is 0 Å². The van der Waals surface area contributed by atoms with E-state index in [4.69, 9.17) is 14.2 Å². The second kappa shape index (κ2) is 8.50. The SMILES string of the molecule is COc1ccc(NC(=O)C2=C(C)Nc3nc(C)nn3C2c2ccc3c(c2)OCCCO3)cc1. The normalized spacial score (nSPS) is 17.0. The molecule has 1 aromatic heterocycles. The number of ether oxygens (including phenoxy) is 3. The molecule has 0 saturated carbocycles. The van der Waals surface area contributed by atoms with Gasteiger partial charge in [0.2, 0.25) is 5.95 Å². The van der Waals surface area contributed by atoms with Gasteiger partial charge in [0.15, 0.2) is 11.5 Å². The van der Waals surface area contributed by atoms with E-state index in [1.165, 1.54) is 0 Å². The van der Waals surface area contributed by atoms with E-state index in [1.54, 1.807) is 36.1 Å². The maximum Gasteiger partial charge on any atom is 0.255 e. The van der Waals surface area contributed by atoms with Crippen molar-refractivity contribution < 1.29 is 19.0 Å². The molecule has 1 atom stereocenters. The fourth-order valence-electron chi connectivity index (χ4n) is 4.08. The summed E-state index contributed by atoms with van der Waals surface area (Å²) in [6.45, 7) is 4.88. The van der Waals surface area contributed by atoms with Gasteiger partial charge in [0.25, 0.3) is 5.91 Å². The molecule has 5 rings (SSSR count). The number of anilines is 2. The van der Waals surface area contributed by atoms with Crippen LogP contribution in [-0.4, -0.2) is 41.0 Å². The van der Waals surface area contributed by atoms with Crippen LogP contribution in [0.4, 0.5) is 11.6 Å². The number of nitrogens with one attached hydrogen (secondary N) is 2. The highest BCUT2D eigenvalue weighted by Crippen LogP contribution is 2.39. The van der Waals surface area contributed by atoms with Crippen LogP contribution in [0.1, 0.15) is 30.8 Å². The number of carbonyl (C=O) groups is 1. The second-order valence-corrected chi connectivity index (χ2v) is 7.93. The van der Waals surface area contributed by atoms with Crippen LogP contribution in [0.15, 0.2) is 53.7 Å². The highest BCUT2D eigenvalue weighted by atomic mass is 16.5. The third-order valence-electron chi connectivity index (χ3n) is 5.64. The first kappa shape index (κ1) is 20.9. The Morgan fingerprint density at radius 1 is 1.12 bits per heavy atom. The Morgan fingerprint density at radius 3 is 2.64 bits per heavy atom. The molecule has 0 fully saturated rings. The summed E-state index contributed by atoms with van der Waals surface area (Å²) in [5, 5.41) is 10.8. The minimum Gasteiger partial charge on any atom is -0.497 e. The summed E-state index contributed by atoms with van der Waals surface area (Å²) < 4.78 is 18.6. The van der Waals surface area contributed by atoms with Gasteiger partial charge in [-0.1, -0.05) is 6.07 Å². The topological polar surface area (TPSA) is 99.5 Å². The van der Waals surface area contributed by atoms with Crippen LogP contribution in [-0.2, 0) is 4.79 Å². The zero-order chi connectivity index (χ0) is 22.9. The summed E-state index contributed by atoms with van der Waals surface area (Å²) >= 11 is 0. The maximum atomic E-state index is 13.5. The van der Waals surface area contributed by atoms with E-state index in [0.717, 1.165) is 17.7 Å². The number of allylic oxidation sites excluding steroid dienone is 1. The van der Waals surface area contributed by atoms with Crippen molar-refractivity contribution in [3.05, 3.63) is 65.1 Å². The molecule has 1 unspecified atom stereocenters. The highest BCUT2D eigenvalue weighted by Gasteiger charge is 2.34. The quantitative estimate of drug-likeness (QED) is 0.629. The van der Waals surface area contributed by atoms with Gasteiger partial charge in [-0.2, -0.15) is 10.1 Å². The number of aryl methyl sites for hydroxylation is 1. The van der Waals surface area contributed by atoms with Crippen molar-refractivity contribution in [1.29, 1.82) is 0 Å². The molecule has 0 aliphatic carbocycles. The maximum absolute atomic E-state index is 13.5. The molecule has 0 spiro atoms. The molecule has 33 heavy (non-hydrogen) atoms. The number of hydrogen-bond acceptors (Lipinski definition) is 7. The summed E-state index contributed by atoms with van der Waals surface area (Å²) in [5.74, 6) is 3.04. The summed E-state index contributed by atoms with van der Waals surface area (Å²) in [4.78, 5) is 18.0. The summed E-state index contributed by atoms with van der Waals surface area (Å²) in [5.41, 5.74) is 2.76. The van der Waals surface area contributed by atoms with Crippen molar-refractivity contribution in [1.82, 2.24) is 14.8 Å². The average molecular weight is 447 g/mol. The second-order valence-electron chi connectivity index (χ2n) is 7.93. The van der Waals surface area contributed by atoms with E-state index in [-0.39, 0.29) is 5.91 Å². The number of nitrogens with zero attached hydrogens (tertiary/aromatic N) is 3. The number of fused-ring (bicyclic) bond motifs is 2. The molecule has 2 aliphatic heterocycles. The van der Waals surface area contributed by atoms with Crippen molar-refractivity contribution >= 4 is 17.5 Å². The lowest BCUT2D eigenvalue weighted by atomic mass is 9.94. The number of benzene rings is 2. The largest absolute Gasteiger partial charge is 0.497 e. The molecule has 2 aliphatic rings. The Labute approximate surface area is 191 Å². The van der Waals surface area contributed by atoms with Crippen LogP contribution >= 0.6 is 0 Å². The molecule has 3 aromatic rings. The predicted molar refractivity (Wildman–Crippen MR) is 123 cm³/mol. The Hall–Kier alpha value is -4.01. The molecular weight excluding hydrogens is 422 g/mol. The monoisotopic (exact) mass is 447 g/mol. The van der Waals surface area contributed by atoms with E-state index < -0.39 is 6.04 Å². The molecule has 2 aromatic carbocycles. The van der Waals surface area contributed by atoms with Gasteiger partial charge in [-0.25, -0.2) is 4.68 Å². The summed E-state index contributed by atoms with van der Waals surface area (Å²) in [6, 6.07) is 12.5. The number of aromatic nitrogens is 3. The Morgan fingerprint density at radius 2 is 1.88 bits per heavy atom. The van der Waals surface area contributed by atoms with Gasteiger partial charge >= 0.3 is 0 Å². The molecule has 3 heterocycles. The average Bonchev–Trinajstić information content (AvgIpc) is 3.02. The van der Waals surface area contributed by atoms with E-state index in [2.05, 4.69) is 20.7 Å². The van der Waals surface area contributed by atoms with Gasteiger partial charge in [0.05, 0.1) is 25.9 Å². The number of methoxy groups -OCH3 is 1. The third-order valence-corrected chi connectivity index (χ3v) is 5.64. The number of rotatable bonds is 4. The Bertz CT molecular complexity index is 1230. The van der Waals surface area contributed by atoms with E-state index in [0.29, 0.717) is 53.4 Å². The van der Waals surface area contributed by atoms with E-state index in [1.807, 2.05) is 32.0 Å². The van der Waals surface area contributed by atoms with Gasteiger partial charge < -0.3 is 24.8 Å². The molecule has 170 valence electrons. The zero-order valence-electron chi connectivity index (χ0n) is 18.7. The Balaban J connectivity index is 1.55. The van der Waals surface area contributed by atoms with Crippen molar-refractivity contribution in [3.63, 3.8) is 0 Å². The molecule has 0 saturated heterocycles. The molecule has 9 heteroatoms. The lowest BCUT2D eigenvalue weighted by Gasteiger charge is -2.29. The third kappa shape index (κ3) is 3.97. The molecule has 0 radical (unpaired) electrons. The minimum atomic E-state index is -0.488. The highest BCUT2D eigenvalue weighted by molar-refractivity contribution is 6.06. The summed E-state index contributed by atoms with van der Waals surface area (Å²) in [7, 11) is 1.60. The van der Waals surface area contributed by atoms with Crippen LogP contribution in [0, 0.1) is 6.92 Å². The molecule has 9 nitrogen and oxygen atoms in total. The van der Waals surface area contributed by atoms with Crippen LogP contribution in [0.2, 0.25) is 0 Å². The first-order valence-electron chi connectivity index (χ1n) is 10.8. The van der Waals surface area contributed by atoms with E-state index >= 15 is 0 Å². The van der Waals surface area contributed by atoms with Gasteiger partial charge in [0, 0.05) is 17.8 Å². The first-order valence-corrected chi connectivity index (χ1v) is 10.8. The molecular formula is C24H25N5O4. The van der Waals surface area contributed by atoms with Crippen molar-refractivity contribution in [3.8, 4) is 17.2 Å². The number of amides is 1. The van der Waals surface area contributed by atoms with E-state index in [9.17, 15) is 4.79 Å². The van der Waals surface area contributed by atoms with Crippen molar-refractivity contribution in [2.45, 2.75) is 26.3 Å². The standard InChI is InChI=1S/C24H25N5O4/c1-14-21(23(30)27-17-6-8-18(31-3)9-7-17)22(29-24(25-14)26-15(2)28-29)16-5-10-19-20(13-16)33-12-4-11-32-19/h5-10,13,22H,4,11-12H2,1-3H3,(H,27,30)(H,25,26,28). The summed E-state index contributed by atoms with van der Waals surface area (Å²) in [6.07, 6.45) is 0.818.